The summed E-state index contributed by atoms with van der Waals surface area (Å²) in [7, 11) is 0. The van der Waals surface area contributed by atoms with Crippen molar-refractivity contribution in [1.82, 2.24) is 4.98 Å². The van der Waals surface area contributed by atoms with Crippen LogP contribution >= 0.6 is 27.3 Å². The van der Waals surface area contributed by atoms with Crippen molar-refractivity contribution in [3.05, 3.63) is 45.4 Å². The molecule has 0 aliphatic heterocycles. The molecule has 15 heavy (non-hydrogen) atoms. The lowest BCUT2D eigenvalue weighted by Gasteiger charge is -1.97. The normalized spacial score (nSPS) is 10.2. The summed E-state index contributed by atoms with van der Waals surface area (Å²) >= 11 is 4.51. The Hall–Kier alpha value is -1.20. The number of benzene rings is 1. The van der Waals surface area contributed by atoms with Gasteiger partial charge in [-0.1, -0.05) is 27.3 Å². The van der Waals surface area contributed by atoms with E-state index in [1.54, 1.807) is 12.1 Å². The van der Waals surface area contributed by atoms with Crippen molar-refractivity contribution < 1.29 is 4.79 Å². The van der Waals surface area contributed by atoms with Gasteiger partial charge in [0.1, 0.15) is 0 Å². The lowest BCUT2D eigenvalue weighted by Crippen LogP contribution is -1.97. The average Bonchev–Trinajstić information content (AvgIpc) is 2.65. The highest BCUT2D eigenvalue weighted by atomic mass is 79.9. The molecule has 2 N–H and O–H groups in total. The van der Waals surface area contributed by atoms with E-state index in [-0.39, 0.29) is 5.78 Å². The summed E-state index contributed by atoms with van der Waals surface area (Å²) in [6.45, 7) is 0. The molecule has 1 heterocycles. The zero-order chi connectivity index (χ0) is 10.8. The Kier molecular flexibility index (Phi) is 2.83. The van der Waals surface area contributed by atoms with Crippen LogP contribution in [0.15, 0.2) is 34.9 Å². The number of thiazole rings is 1. The number of halogens is 1. The largest absolute Gasteiger partial charge is 0.375 e. The van der Waals surface area contributed by atoms with Crippen molar-refractivity contribution in [3.8, 4) is 0 Å². The molecular formula is C10H7BrN2OS. The number of carbonyl (C=O) groups is 1. The lowest BCUT2D eigenvalue weighted by molar-refractivity contribution is 0.104. The zero-order valence-corrected chi connectivity index (χ0v) is 10.0. The summed E-state index contributed by atoms with van der Waals surface area (Å²) in [5.74, 6) is -0.0447. The van der Waals surface area contributed by atoms with Crippen LogP contribution in [0.2, 0.25) is 0 Å². The Labute approximate surface area is 99.1 Å². The predicted molar refractivity (Wildman–Crippen MR) is 64.1 cm³/mol. The number of ketones is 1. The number of carbonyl (C=O) groups excluding carboxylic acids is 1. The van der Waals surface area contributed by atoms with Gasteiger partial charge in [0, 0.05) is 10.0 Å². The molecule has 76 valence electrons. The molecule has 1 aromatic heterocycles. The maximum Gasteiger partial charge on any atom is 0.204 e. The Balaban J connectivity index is 2.32. The predicted octanol–water partition coefficient (Wildman–Crippen LogP) is 2.72. The first-order valence-electron chi connectivity index (χ1n) is 4.18. The summed E-state index contributed by atoms with van der Waals surface area (Å²) < 4.78 is 0.947. The van der Waals surface area contributed by atoms with E-state index in [0.717, 1.165) is 4.47 Å². The molecule has 0 aliphatic rings. The van der Waals surface area contributed by atoms with Crippen molar-refractivity contribution >= 4 is 38.2 Å². The number of nitrogens with zero attached hydrogens (tertiary/aromatic N) is 1. The average molecular weight is 283 g/mol. The number of rotatable bonds is 2. The van der Waals surface area contributed by atoms with E-state index in [0.29, 0.717) is 15.6 Å². The van der Waals surface area contributed by atoms with E-state index in [4.69, 9.17) is 5.73 Å². The molecule has 5 heteroatoms. The molecule has 0 radical (unpaired) electrons. The summed E-state index contributed by atoms with van der Waals surface area (Å²) in [6.07, 6.45) is 1.50. The lowest BCUT2D eigenvalue weighted by atomic mass is 10.1. The number of hydrogen-bond donors (Lipinski definition) is 1. The van der Waals surface area contributed by atoms with E-state index in [1.165, 1.54) is 17.5 Å². The minimum absolute atomic E-state index is 0.0447. The third-order valence-corrected chi connectivity index (χ3v) is 3.21. The molecule has 0 unspecified atom stereocenters. The van der Waals surface area contributed by atoms with Crippen LogP contribution in [0.4, 0.5) is 5.13 Å². The van der Waals surface area contributed by atoms with E-state index in [2.05, 4.69) is 20.9 Å². The van der Waals surface area contributed by atoms with Gasteiger partial charge in [0.25, 0.3) is 0 Å². The van der Waals surface area contributed by atoms with Crippen LogP contribution in [0.3, 0.4) is 0 Å². The van der Waals surface area contributed by atoms with Crippen molar-refractivity contribution in [3.63, 3.8) is 0 Å². The van der Waals surface area contributed by atoms with Crippen LogP contribution in [0.5, 0.6) is 0 Å². The Morgan fingerprint density at radius 3 is 2.53 bits per heavy atom. The van der Waals surface area contributed by atoms with Crippen molar-refractivity contribution in [2.45, 2.75) is 0 Å². The highest BCUT2D eigenvalue weighted by Crippen LogP contribution is 2.19. The van der Waals surface area contributed by atoms with Crippen LogP contribution in [0.1, 0.15) is 15.2 Å². The summed E-state index contributed by atoms with van der Waals surface area (Å²) in [6, 6.07) is 7.19. The minimum atomic E-state index is -0.0447. The zero-order valence-electron chi connectivity index (χ0n) is 7.61. The molecule has 0 saturated heterocycles. The number of nitrogen functional groups attached to an aromatic ring is 1. The van der Waals surface area contributed by atoms with Gasteiger partial charge in [0.2, 0.25) is 5.78 Å². The third kappa shape index (κ3) is 2.24. The highest BCUT2D eigenvalue weighted by molar-refractivity contribution is 9.10. The molecule has 0 bridgehead atoms. The van der Waals surface area contributed by atoms with Crippen LogP contribution in [0, 0.1) is 0 Å². The summed E-state index contributed by atoms with van der Waals surface area (Å²) in [5.41, 5.74) is 6.11. The van der Waals surface area contributed by atoms with Gasteiger partial charge in [0.05, 0.1) is 11.1 Å². The molecule has 1 aromatic carbocycles. The summed E-state index contributed by atoms with van der Waals surface area (Å²) in [4.78, 5) is 16.3. The smallest absolute Gasteiger partial charge is 0.204 e. The topological polar surface area (TPSA) is 56.0 Å². The standard InChI is InChI=1S/C10H7BrN2OS/c11-7-3-1-6(2-4-7)9(14)8-5-13-10(12)15-8/h1-5H,(H2,12,13). The van der Waals surface area contributed by atoms with Gasteiger partial charge in [0.15, 0.2) is 5.13 Å². The molecule has 2 rings (SSSR count). The van der Waals surface area contributed by atoms with Gasteiger partial charge < -0.3 is 5.73 Å². The Morgan fingerprint density at radius 1 is 1.33 bits per heavy atom. The maximum absolute atomic E-state index is 11.9. The van der Waals surface area contributed by atoms with E-state index in [9.17, 15) is 4.79 Å². The van der Waals surface area contributed by atoms with E-state index in [1.807, 2.05) is 12.1 Å². The van der Waals surface area contributed by atoms with E-state index < -0.39 is 0 Å². The van der Waals surface area contributed by atoms with Crippen molar-refractivity contribution in [2.75, 3.05) is 5.73 Å². The highest BCUT2D eigenvalue weighted by Gasteiger charge is 2.11. The second-order valence-electron chi connectivity index (χ2n) is 2.90. The quantitative estimate of drug-likeness (QED) is 0.862. The molecular weight excluding hydrogens is 276 g/mol. The van der Waals surface area contributed by atoms with Gasteiger partial charge in [-0.05, 0) is 24.3 Å². The first kappa shape index (κ1) is 10.3. The van der Waals surface area contributed by atoms with Crippen LogP contribution in [-0.4, -0.2) is 10.8 Å². The first-order chi connectivity index (χ1) is 7.16. The molecule has 0 spiro atoms. The number of hydrogen-bond acceptors (Lipinski definition) is 4. The minimum Gasteiger partial charge on any atom is -0.375 e. The third-order valence-electron chi connectivity index (χ3n) is 1.85. The monoisotopic (exact) mass is 282 g/mol. The maximum atomic E-state index is 11.9. The molecule has 0 aliphatic carbocycles. The van der Waals surface area contributed by atoms with Crippen molar-refractivity contribution in [2.24, 2.45) is 0 Å². The van der Waals surface area contributed by atoms with Crippen LogP contribution < -0.4 is 5.73 Å². The SMILES string of the molecule is Nc1ncc(C(=O)c2ccc(Br)cc2)s1. The molecule has 0 saturated carbocycles. The summed E-state index contributed by atoms with van der Waals surface area (Å²) in [5, 5.41) is 0.412. The molecule has 0 amide bonds. The second kappa shape index (κ2) is 4.12. The van der Waals surface area contributed by atoms with Gasteiger partial charge in [-0.15, -0.1) is 0 Å². The van der Waals surface area contributed by atoms with Gasteiger partial charge in [-0.25, -0.2) is 4.98 Å². The fraction of sp³-hybridized carbons (Fsp3) is 0. The number of nitrogens with two attached hydrogens (primary N) is 1. The van der Waals surface area contributed by atoms with E-state index >= 15 is 0 Å². The number of anilines is 1. The van der Waals surface area contributed by atoms with Gasteiger partial charge >= 0.3 is 0 Å². The van der Waals surface area contributed by atoms with Crippen LogP contribution in [0.25, 0.3) is 0 Å². The second-order valence-corrected chi connectivity index (χ2v) is 4.88. The molecule has 3 nitrogen and oxygen atoms in total. The fourth-order valence-electron chi connectivity index (χ4n) is 1.14. The van der Waals surface area contributed by atoms with Crippen LogP contribution in [-0.2, 0) is 0 Å². The van der Waals surface area contributed by atoms with Crippen molar-refractivity contribution in [1.29, 1.82) is 0 Å². The number of aromatic nitrogens is 1. The van der Waals surface area contributed by atoms with Gasteiger partial charge in [-0.2, -0.15) is 0 Å². The molecule has 0 atom stereocenters. The Bertz CT molecular complexity index is 492. The van der Waals surface area contributed by atoms with Gasteiger partial charge in [-0.3, -0.25) is 4.79 Å². The Morgan fingerprint density at radius 2 is 2.00 bits per heavy atom. The molecule has 0 fully saturated rings. The first-order valence-corrected chi connectivity index (χ1v) is 5.79. The fourth-order valence-corrected chi connectivity index (χ4v) is 2.05. The molecule has 2 aromatic rings.